The molecule has 2 rings (SSSR count). The van der Waals surface area contributed by atoms with Crippen LogP contribution >= 0.6 is 23.2 Å². The zero-order valence-corrected chi connectivity index (χ0v) is 10.7. The number of halogens is 2. The minimum absolute atomic E-state index is 0.0746. The molecule has 1 nitrogen and oxygen atoms in total. The van der Waals surface area contributed by atoms with Gasteiger partial charge in [0.1, 0.15) is 0 Å². The van der Waals surface area contributed by atoms with Crippen molar-refractivity contribution >= 4 is 29.0 Å². The van der Waals surface area contributed by atoms with E-state index in [1.807, 2.05) is 25.1 Å². The van der Waals surface area contributed by atoms with Gasteiger partial charge in [0.25, 0.3) is 0 Å². The first-order valence-corrected chi connectivity index (χ1v) is 5.90. The molecule has 0 atom stereocenters. The third-order valence-corrected chi connectivity index (χ3v) is 3.36. The van der Waals surface area contributed by atoms with Gasteiger partial charge in [-0.3, -0.25) is 4.79 Å². The van der Waals surface area contributed by atoms with Crippen molar-refractivity contribution in [3.63, 3.8) is 0 Å². The fraction of sp³-hybridized carbons (Fsp3) is 0.0714. The molecule has 0 spiro atoms. The maximum absolute atomic E-state index is 12.1. The average Bonchev–Trinajstić information content (AvgIpc) is 2.35. The van der Waals surface area contributed by atoms with Crippen molar-refractivity contribution in [2.24, 2.45) is 0 Å². The summed E-state index contributed by atoms with van der Waals surface area (Å²) in [6.07, 6.45) is 0. The van der Waals surface area contributed by atoms with Crippen LogP contribution in [0.15, 0.2) is 42.5 Å². The van der Waals surface area contributed by atoms with Crippen molar-refractivity contribution in [3.05, 3.63) is 69.2 Å². The minimum atomic E-state index is -0.0746. The van der Waals surface area contributed by atoms with Crippen molar-refractivity contribution in [1.29, 1.82) is 0 Å². The molecule has 0 amide bonds. The Kier molecular flexibility index (Phi) is 3.51. The molecule has 2 aromatic carbocycles. The van der Waals surface area contributed by atoms with Crippen LogP contribution in [0.2, 0.25) is 10.0 Å². The standard InChI is InChI=1S/C14H10Cl2O/c1-9-12(15)7-11(8-13(9)16)14(17)10-5-3-2-4-6-10/h2-8H,1H3. The largest absolute Gasteiger partial charge is 0.289 e. The van der Waals surface area contributed by atoms with E-state index in [-0.39, 0.29) is 5.78 Å². The number of rotatable bonds is 2. The van der Waals surface area contributed by atoms with E-state index in [0.29, 0.717) is 21.2 Å². The maximum atomic E-state index is 12.1. The Bertz CT molecular complexity index is 539. The van der Waals surface area contributed by atoms with Gasteiger partial charge in [-0.2, -0.15) is 0 Å². The van der Waals surface area contributed by atoms with E-state index in [0.717, 1.165) is 5.56 Å². The molecule has 0 N–H and O–H groups in total. The SMILES string of the molecule is Cc1c(Cl)cc(C(=O)c2ccccc2)cc1Cl. The van der Waals surface area contributed by atoms with Gasteiger partial charge in [0.2, 0.25) is 0 Å². The second-order valence-electron chi connectivity index (χ2n) is 3.76. The highest BCUT2D eigenvalue weighted by molar-refractivity contribution is 6.36. The Morgan fingerprint density at radius 2 is 1.47 bits per heavy atom. The van der Waals surface area contributed by atoms with Gasteiger partial charge < -0.3 is 0 Å². The van der Waals surface area contributed by atoms with Crippen LogP contribution in [0.25, 0.3) is 0 Å². The van der Waals surface area contributed by atoms with Crippen LogP contribution in [0.4, 0.5) is 0 Å². The zero-order chi connectivity index (χ0) is 12.4. The minimum Gasteiger partial charge on any atom is -0.289 e. The molecule has 0 aliphatic rings. The Morgan fingerprint density at radius 3 is 2.00 bits per heavy atom. The number of carbonyl (C=O) groups excluding carboxylic acids is 1. The highest BCUT2D eigenvalue weighted by atomic mass is 35.5. The van der Waals surface area contributed by atoms with Crippen LogP contribution in [0.3, 0.4) is 0 Å². The summed E-state index contributed by atoms with van der Waals surface area (Å²) in [5, 5.41) is 1.02. The summed E-state index contributed by atoms with van der Waals surface area (Å²) in [7, 11) is 0. The van der Waals surface area contributed by atoms with Gasteiger partial charge in [0.05, 0.1) is 0 Å². The lowest BCUT2D eigenvalue weighted by atomic mass is 10.0. The average molecular weight is 265 g/mol. The Labute approximate surface area is 110 Å². The van der Waals surface area contributed by atoms with E-state index in [2.05, 4.69) is 0 Å². The van der Waals surface area contributed by atoms with E-state index in [9.17, 15) is 4.79 Å². The molecule has 0 heterocycles. The first-order chi connectivity index (χ1) is 8.09. The molecule has 0 saturated heterocycles. The summed E-state index contributed by atoms with van der Waals surface area (Å²) in [5.74, 6) is -0.0746. The van der Waals surface area contributed by atoms with Gasteiger partial charge in [-0.25, -0.2) is 0 Å². The van der Waals surface area contributed by atoms with Crippen molar-refractivity contribution in [2.75, 3.05) is 0 Å². The first-order valence-electron chi connectivity index (χ1n) is 5.15. The topological polar surface area (TPSA) is 17.1 Å². The summed E-state index contributed by atoms with van der Waals surface area (Å²) in [4.78, 5) is 12.1. The lowest BCUT2D eigenvalue weighted by Gasteiger charge is -2.06. The smallest absolute Gasteiger partial charge is 0.193 e. The van der Waals surface area contributed by atoms with Crippen LogP contribution in [-0.2, 0) is 0 Å². The fourth-order valence-corrected chi connectivity index (χ4v) is 2.02. The lowest BCUT2D eigenvalue weighted by Crippen LogP contribution is -2.01. The van der Waals surface area contributed by atoms with E-state index in [1.54, 1.807) is 24.3 Å². The molecule has 0 aromatic heterocycles. The Hall–Kier alpha value is -1.31. The number of benzene rings is 2. The molecule has 0 radical (unpaired) electrons. The van der Waals surface area contributed by atoms with E-state index >= 15 is 0 Å². The number of hydrogen-bond donors (Lipinski definition) is 0. The summed E-state index contributed by atoms with van der Waals surface area (Å²) >= 11 is 12.0. The molecule has 0 aliphatic heterocycles. The van der Waals surface area contributed by atoms with Crippen molar-refractivity contribution in [2.45, 2.75) is 6.92 Å². The van der Waals surface area contributed by atoms with Crippen molar-refractivity contribution in [3.8, 4) is 0 Å². The highest BCUT2D eigenvalue weighted by Gasteiger charge is 2.12. The second-order valence-corrected chi connectivity index (χ2v) is 4.57. The molecule has 0 unspecified atom stereocenters. The van der Waals surface area contributed by atoms with Crippen molar-refractivity contribution < 1.29 is 4.79 Å². The normalized spacial score (nSPS) is 10.3. The summed E-state index contributed by atoms with van der Waals surface area (Å²) in [5.41, 5.74) is 1.93. The number of carbonyl (C=O) groups is 1. The monoisotopic (exact) mass is 264 g/mol. The fourth-order valence-electron chi connectivity index (χ4n) is 1.53. The Balaban J connectivity index is 2.45. The second kappa shape index (κ2) is 4.91. The lowest BCUT2D eigenvalue weighted by molar-refractivity contribution is 0.103. The number of hydrogen-bond acceptors (Lipinski definition) is 1. The van der Waals surface area contributed by atoms with Gasteiger partial charge in [-0.1, -0.05) is 53.5 Å². The van der Waals surface area contributed by atoms with Crippen LogP contribution in [0.5, 0.6) is 0 Å². The third kappa shape index (κ3) is 2.51. The van der Waals surface area contributed by atoms with Crippen LogP contribution in [-0.4, -0.2) is 5.78 Å². The van der Waals surface area contributed by atoms with Gasteiger partial charge >= 0.3 is 0 Å². The predicted molar refractivity (Wildman–Crippen MR) is 71.1 cm³/mol. The summed E-state index contributed by atoms with van der Waals surface area (Å²) in [6.45, 7) is 1.82. The molecule has 86 valence electrons. The zero-order valence-electron chi connectivity index (χ0n) is 9.21. The van der Waals surface area contributed by atoms with Gasteiger partial charge in [-0.15, -0.1) is 0 Å². The summed E-state index contributed by atoms with van der Waals surface area (Å²) in [6, 6.07) is 12.4. The molecular formula is C14H10Cl2O. The van der Waals surface area contributed by atoms with Crippen LogP contribution in [0.1, 0.15) is 21.5 Å². The molecule has 3 heteroatoms. The third-order valence-electron chi connectivity index (χ3n) is 2.58. The first kappa shape index (κ1) is 12.2. The van der Waals surface area contributed by atoms with Gasteiger partial charge in [-0.05, 0) is 24.6 Å². The summed E-state index contributed by atoms with van der Waals surface area (Å²) < 4.78 is 0. The van der Waals surface area contributed by atoms with Gasteiger partial charge in [0, 0.05) is 21.2 Å². The predicted octanol–water partition coefficient (Wildman–Crippen LogP) is 4.53. The molecule has 2 aromatic rings. The molecule has 0 bridgehead atoms. The maximum Gasteiger partial charge on any atom is 0.193 e. The van der Waals surface area contributed by atoms with Crippen LogP contribution < -0.4 is 0 Å². The van der Waals surface area contributed by atoms with Crippen LogP contribution in [0, 0.1) is 6.92 Å². The molecule has 17 heavy (non-hydrogen) atoms. The molecular weight excluding hydrogens is 255 g/mol. The number of ketones is 1. The van der Waals surface area contributed by atoms with E-state index in [4.69, 9.17) is 23.2 Å². The molecule has 0 fully saturated rings. The molecule has 0 saturated carbocycles. The van der Waals surface area contributed by atoms with E-state index in [1.165, 1.54) is 0 Å². The highest BCUT2D eigenvalue weighted by Crippen LogP contribution is 2.26. The Morgan fingerprint density at radius 1 is 0.941 bits per heavy atom. The van der Waals surface area contributed by atoms with Crippen molar-refractivity contribution in [1.82, 2.24) is 0 Å². The molecule has 0 aliphatic carbocycles. The van der Waals surface area contributed by atoms with Gasteiger partial charge in [0.15, 0.2) is 5.78 Å². The van der Waals surface area contributed by atoms with E-state index < -0.39 is 0 Å². The quantitative estimate of drug-likeness (QED) is 0.729.